The highest BCUT2D eigenvalue weighted by Gasteiger charge is 2.28. The molecule has 218 valence electrons. The third-order valence-electron chi connectivity index (χ3n) is 8.90. The Balaban J connectivity index is 1.43. The van der Waals surface area contributed by atoms with E-state index < -0.39 is 0 Å². The smallest absolute Gasteiger partial charge is 0.155 e. The predicted molar refractivity (Wildman–Crippen MR) is 188 cm³/mol. The van der Waals surface area contributed by atoms with Crippen molar-refractivity contribution in [2.24, 2.45) is 10.9 Å². The van der Waals surface area contributed by atoms with Crippen LogP contribution in [0.25, 0.3) is 42.1 Å². The Bertz CT molecular complexity index is 2140. The molecule has 2 heterocycles. The Morgan fingerprint density at radius 2 is 1.55 bits per heavy atom. The molecule has 1 N–H and O–H groups in total. The quantitative estimate of drug-likeness (QED) is 0.163. The van der Waals surface area contributed by atoms with Gasteiger partial charge in [0.05, 0.1) is 0 Å². The number of furan rings is 1. The number of para-hydroxylation sites is 1. The third kappa shape index (κ3) is 4.97. The zero-order valence-corrected chi connectivity index (χ0v) is 25.9. The number of amidine groups is 2. The van der Waals surface area contributed by atoms with E-state index in [2.05, 4.69) is 92.2 Å². The monoisotopic (exact) mass is 593 g/mol. The molecule has 0 radical (unpaired) electrons. The van der Waals surface area contributed by atoms with Crippen LogP contribution >= 0.6 is 11.3 Å². The maximum absolute atomic E-state index is 9.47. The fourth-order valence-corrected chi connectivity index (χ4v) is 7.84. The number of benzene rings is 4. The molecule has 4 nitrogen and oxygen atoms in total. The van der Waals surface area contributed by atoms with Crippen LogP contribution in [0.3, 0.4) is 0 Å². The molecule has 0 saturated carbocycles. The zero-order valence-electron chi connectivity index (χ0n) is 25.1. The van der Waals surface area contributed by atoms with Crippen LogP contribution < -0.4 is 0 Å². The topological polar surface area (TPSA) is 52.6 Å². The van der Waals surface area contributed by atoms with Crippen LogP contribution in [0.4, 0.5) is 0 Å². The minimum absolute atomic E-state index is 0.173. The molecule has 0 saturated heterocycles. The van der Waals surface area contributed by atoms with E-state index in [0.717, 1.165) is 68.4 Å². The van der Waals surface area contributed by atoms with Gasteiger partial charge in [0.15, 0.2) is 5.84 Å². The van der Waals surface area contributed by atoms with E-state index in [1.54, 1.807) is 11.3 Å². The van der Waals surface area contributed by atoms with Crippen LogP contribution in [0.15, 0.2) is 131 Å². The first-order valence-electron chi connectivity index (χ1n) is 15.3. The van der Waals surface area contributed by atoms with Gasteiger partial charge in [0, 0.05) is 55.2 Å². The lowest BCUT2D eigenvalue weighted by atomic mass is 9.89. The lowest BCUT2D eigenvalue weighted by molar-refractivity contribution is 0.254. The average Bonchev–Trinajstić information content (AvgIpc) is 3.64. The van der Waals surface area contributed by atoms with Gasteiger partial charge >= 0.3 is 0 Å². The Hall–Kier alpha value is -4.74. The van der Waals surface area contributed by atoms with Crippen molar-refractivity contribution in [3.05, 3.63) is 133 Å². The molecule has 0 fully saturated rings. The molecule has 2 aromatic heterocycles. The van der Waals surface area contributed by atoms with Gasteiger partial charge in [-0.15, -0.1) is 11.3 Å². The van der Waals surface area contributed by atoms with E-state index in [1.807, 2.05) is 42.5 Å². The summed E-state index contributed by atoms with van der Waals surface area (Å²) in [4.78, 5) is 7.56. The first kappa shape index (κ1) is 28.1. The summed E-state index contributed by atoms with van der Waals surface area (Å²) >= 11 is 1.73. The van der Waals surface area contributed by atoms with E-state index in [0.29, 0.717) is 5.92 Å². The number of hydrogen-bond acceptors (Lipinski definition) is 3. The Kier molecular flexibility index (Phi) is 7.49. The summed E-state index contributed by atoms with van der Waals surface area (Å²) < 4.78 is 8.61. The van der Waals surface area contributed by atoms with Crippen molar-refractivity contribution in [1.82, 2.24) is 4.90 Å². The summed E-state index contributed by atoms with van der Waals surface area (Å²) in [5.41, 5.74) is 4.51. The number of fused-ring (bicyclic) bond motifs is 6. The number of allylic oxidation sites excluding steroid dienone is 4. The predicted octanol–water partition coefficient (Wildman–Crippen LogP) is 10.5. The second-order valence-electron chi connectivity index (χ2n) is 11.5. The van der Waals surface area contributed by atoms with Gasteiger partial charge in [0.1, 0.15) is 17.0 Å². The fraction of sp³-hybridized carbons (Fsp3) is 0.179. The molecule has 7 rings (SSSR count). The molecular weight excluding hydrogens is 559 g/mol. The van der Waals surface area contributed by atoms with Gasteiger partial charge in [-0.2, -0.15) is 0 Å². The standard InChI is InChI=1S/C39H35N3OS/c1-4-26-15-9-13-25(2)14-10-21-32(26)42(3)39(30-19-12-23-34-36(30)29-17-5-7-22-33(29)43-34)41-38(40)31-20-11-18-28-27-16-6-8-24-35(27)44-37(28)31/h5-14,16-20,22-24,26,32,40H,2,4,15,21H2,1,3H3/b13-9-,14-10?,40-38?,41-39?/t26-,32-/m1/s1. The van der Waals surface area contributed by atoms with Crippen LogP contribution in [0, 0.1) is 11.3 Å². The molecule has 2 atom stereocenters. The van der Waals surface area contributed by atoms with Gasteiger partial charge in [-0.1, -0.05) is 105 Å². The SMILES string of the molecule is C=C1C=CC[C@@H](N(C)C(=NC(=N)c2cccc3c2sc2ccccc23)c2cccc3oc4ccccc4c23)[C@H](CC)C/C=C\1. The number of rotatable bonds is 4. The van der Waals surface area contributed by atoms with Gasteiger partial charge in [0.2, 0.25) is 0 Å². The number of aliphatic imine (C=N–C) groups is 1. The summed E-state index contributed by atoms with van der Waals surface area (Å²) in [7, 11) is 2.14. The van der Waals surface area contributed by atoms with Crippen molar-refractivity contribution in [2.45, 2.75) is 32.2 Å². The molecule has 0 amide bonds. The largest absolute Gasteiger partial charge is 0.456 e. The molecule has 0 bridgehead atoms. The maximum atomic E-state index is 9.47. The molecule has 44 heavy (non-hydrogen) atoms. The summed E-state index contributed by atoms with van der Waals surface area (Å²) in [6.45, 7) is 6.45. The van der Waals surface area contributed by atoms with Crippen molar-refractivity contribution < 1.29 is 4.42 Å². The highest BCUT2D eigenvalue weighted by Crippen LogP contribution is 2.37. The van der Waals surface area contributed by atoms with Crippen molar-refractivity contribution >= 4 is 65.1 Å². The molecule has 5 heteroatoms. The van der Waals surface area contributed by atoms with Crippen molar-refractivity contribution in [1.29, 1.82) is 5.41 Å². The Morgan fingerprint density at radius 1 is 0.864 bits per heavy atom. The lowest BCUT2D eigenvalue weighted by Crippen LogP contribution is -2.42. The van der Waals surface area contributed by atoms with E-state index in [-0.39, 0.29) is 11.9 Å². The second kappa shape index (κ2) is 11.7. The number of nitrogens with zero attached hydrogens (tertiary/aromatic N) is 2. The van der Waals surface area contributed by atoms with Gasteiger partial charge in [-0.3, -0.25) is 5.41 Å². The summed E-state index contributed by atoms with van der Waals surface area (Å²) in [5.74, 6) is 1.44. The molecule has 0 unspecified atom stereocenters. The van der Waals surface area contributed by atoms with Crippen LogP contribution in [-0.2, 0) is 0 Å². The molecule has 1 aliphatic carbocycles. The molecule has 1 aliphatic rings. The molecule has 0 aliphatic heterocycles. The van der Waals surface area contributed by atoms with E-state index in [9.17, 15) is 5.41 Å². The molecule has 6 aromatic rings. The number of nitrogens with one attached hydrogen (secondary N) is 1. The third-order valence-corrected chi connectivity index (χ3v) is 10.1. The molecular formula is C39H35N3OS. The van der Waals surface area contributed by atoms with Crippen LogP contribution in [0.2, 0.25) is 0 Å². The van der Waals surface area contributed by atoms with E-state index in [1.165, 1.54) is 15.5 Å². The second-order valence-corrected chi connectivity index (χ2v) is 12.6. The summed E-state index contributed by atoms with van der Waals surface area (Å²) in [5, 5.41) is 13.9. The van der Waals surface area contributed by atoms with Crippen molar-refractivity contribution in [2.75, 3.05) is 7.05 Å². The molecule has 0 spiro atoms. The van der Waals surface area contributed by atoms with Crippen molar-refractivity contribution in [3.63, 3.8) is 0 Å². The van der Waals surface area contributed by atoms with Gasteiger partial charge in [-0.25, -0.2) is 4.99 Å². The first-order valence-corrected chi connectivity index (χ1v) is 16.1. The highest BCUT2D eigenvalue weighted by molar-refractivity contribution is 7.26. The normalized spacial score (nSPS) is 18.5. The van der Waals surface area contributed by atoms with Crippen LogP contribution in [-0.4, -0.2) is 29.7 Å². The minimum Gasteiger partial charge on any atom is -0.456 e. The fourth-order valence-electron chi connectivity index (χ4n) is 6.62. The van der Waals surface area contributed by atoms with Crippen LogP contribution in [0.5, 0.6) is 0 Å². The average molecular weight is 594 g/mol. The zero-order chi connectivity index (χ0) is 30.2. The van der Waals surface area contributed by atoms with Gasteiger partial charge in [0.25, 0.3) is 0 Å². The van der Waals surface area contributed by atoms with E-state index in [4.69, 9.17) is 9.41 Å². The van der Waals surface area contributed by atoms with Crippen LogP contribution in [0.1, 0.15) is 37.3 Å². The maximum Gasteiger partial charge on any atom is 0.155 e. The Labute approximate surface area is 261 Å². The minimum atomic E-state index is 0.173. The van der Waals surface area contributed by atoms with Gasteiger partial charge < -0.3 is 9.32 Å². The highest BCUT2D eigenvalue weighted by atomic mass is 32.1. The number of hydrogen-bond donors (Lipinski definition) is 1. The summed E-state index contributed by atoms with van der Waals surface area (Å²) in [6, 6.07) is 29.2. The lowest BCUT2D eigenvalue weighted by Gasteiger charge is -2.36. The summed E-state index contributed by atoms with van der Waals surface area (Å²) in [6.07, 6.45) is 11.6. The van der Waals surface area contributed by atoms with Crippen molar-refractivity contribution in [3.8, 4) is 0 Å². The molecule has 4 aromatic carbocycles. The van der Waals surface area contributed by atoms with E-state index >= 15 is 0 Å². The number of thiophene rings is 1. The van der Waals surface area contributed by atoms with Gasteiger partial charge in [-0.05, 0) is 48.6 Å². The first-order chi connectivity index (χ1) is 21.5. The Morgan fingerprint density at radius 3 is 2.39 bits per heavy atom.